The van der Waals surface area contributed by atoms with E-state index in [1.807, 2.05) is 19.1 Å². The number of aryl methyl sites for hydroxylation is 1. The zero-order valence-electron chi connectivity index (χ0n) is 10.1. The molecule has 4 heteroatoms. The van der Waals surface area contributed by atoms with Gasteiger partial charge < -0.3 is 11.1 Å². The number of aromatic nitrogens is 1. The third-order valence-electron chi connectivity index (χ3n) is 3.23. The minimum Gasteiger partial charge on any atom is -0.348 e. The molecule has 0 bridgehead atoms. The lowest BCUT2D eigenvalue weighted by Crippen LogP contribution is -2.40. The molecular weight excluding hydrogens is 214 g/mol. The van der Waals surface area contributed by atoms with Gasteiger partial charge in [0, 0.05) is 17.8 Å². The first-order chi connectivity index (χ1) is 8.15. The standard InChI is InChI=1S/C13H19N3O/c1-9-3-2-4-12(15-9)13(17)16-11-7-5-10(14)6-8-11/h2-4,10-11H,5-8,14H2,1H3,(H,16,17). The summed E-state index contributed by atoms with van der Waals surface area (Å²) < 4.78 is 0. The highest BCUT2D eigenvalue weighted by Gasteiger charge is 2.20. The summed E-state index contributed by atoms with van der Waals surface area (Å²) in [4.78, 5) is 16.2. The van der Waals surface area contributed by atoms with Gasteiger partial charge in [0.1, 0.15) is 5.69 Å². The van der Waals surface area contributed by atoms with Crippen molar-refractivity contribution in [2.24, 2.45) is 5.73 Å². The van der Waals surface area contributed by atoms with Crippen LogP contribution in [0.15, 0.2) is 18.2 Å². The van der Waals surface area contributed by atoms with Crippen LogP contribution in [-0.4, -0.2) is 23.0 Å². The van der Waals surface area contributed by atoms with Crippen LogP contribution < -0.4 is 11.1 Å². The van der Waals surface area contributed by atoms with Gasteiger partial charge in [-0.3, -0.25) is 4.79 Å². The van der Waals surface area contributed by atoms with Crippen molar-refractivity contribution in [1.29, 1.82) is 0 Å². The third kappa shape index (κ3) is 3.27. The number of nitrogens with two attached hydrogens (primary N) is 1. The van der Waals surface area contributed by atoms with Gasteiger partial charge in [-0.1, -0.05) is 6.07 Å². The van der Waals surface area contributed by atoms with Crippen LogP contribution in [0.4, 0.5) is 0 Å². The van der Waals surface area contributed by atoms with E-state index in [0.29, 0.717) is 11.7 Å². The SMILES string of the molecule is Cc1cccc(C(=O)NC2CCC(N)CC2)n1. The second-order valence-electron chi connectivity index (χ2n) is 4.75. The Morgan fingerprint density at radius 1 is 1.35 bits per heavy atom. The Bertz CT molecular complexity index is 397. The van der Waals surface area contributed by atoms with Crippen molar-refractivity contribution in [2.75, 3.05) is 0 Å². The summed E-state index contributed by atoms with van der Waals surface area (Å²) in [5, 5.41) is 3.03. The Hall–Kier alpha value is -1.42. The molecule has 4 nitrogen and oxygen atoms in total. The molecule has 0 unspecified atom stereocenters. The molecule has 1 amide bonds. The van der Waals surface area contributed by atoms with E-state index in [4.69, 9.17) is 5.73 Å². The maximum atomic E-state index is 11.9. The monoisotopic (exact) mass is 233 g/mol. The van der Waals surface area contributed by atoms with E-state index in [-0.39, 0.29) is 11.9 Å². The van der Waals surface area contributed by atoms with E-state index in [0.717, 1.165) is 31.4 Å². The van der Waals surface area contributed by atoms with Gasteiger partial charge in [-0.05, 0) is 44.7 Å². The molecule has 1 saturated carbocycles. The van der Waals surface area contributed by atoms with E-state index < -0.39 is 0 Å². The fraction of sp³-hybridized carbons (Fsp3) is 0.538. The Labute approximate surface area is 102 Å². The van der Waals surface area contributed by atoms with E-state index in [2.05, 4.69) is 10.3 Å². The van der Waals surface area contributed by atoms with Crippen LogP contribution in [0.1, 0.15) is 41.9 Å². The fourth-order valence-electron chi connectivity index (χ4n) is 2.19. The minimum atomic E-state index is -0.0748. The Morgan fingerprint density at radius 2 is 2.06 bits per heavy atom. The van der Waals surface area contributed by atoms with Gasteiger partial charge in [-0.25, -0.2) is 4.98 Å². The molecule has 0 aliphatic heterocycles. The molecule has 1 aromatic heterocycles. The number of nitrogens with zero attached hydrogens (tertiary/aromatic N) is 1. The van der Waals surface area contributed by atoms with Gasteiger partial charge in [-0.15, -0.1) is 0 Å². The Balaban J connectivity index is 1.93. The summed E-state index contributed by atoms with van der Waals surface area (Å²) in [6.07, 6.45) is 3.93. The first kappa shape index (κ1) is 12.0. The summed E-state index contributed by atoms with van der Waals surface area (Å²) in [6.45, 7) is 1.89. The van der Waals surface area contributed by atoms with Crippen molar-refractivity contribution in [3.63, 3.8) is 0 Å². The van der Waals surface area contributed by atoms with Crippen LogP contribution >= 0.6 is 0 Å². The fourth-order valence-corrected chi connectivity index (χ4v) is 2.19. The van der Waals surface area contributed by atoms with Gasteiger partial charge >= 0.3 is 0 Å². The van der Waals surface area contributed by atoms with Gasteiger partial charge in [0.2, 0.25) is 0 Å². The molecule has 0 aromatic carbocycles. The Morgan fingerprint density at radius 3 is 2.71 bits per heavy atom. The van der Waals surface area contributed by atoms with Gasteiger partial charge in [-0.2, -0.15) is 0 Å². The van der Waals surface area contributed by atoms with Crippen molar-refractivity contribution in [2.45, 2.75) is 44.7 Å². The van der Waals surface area contributed by atoms with Gasteiger partial charge in [0.25, 0.3) is 5.91 Å². The largest absolute Gasteiger partial charge is 0.348 e. The van der Waals surface area contributed by atoms with Crippen LogP contribution in [0.3, 0.4) is 0 Å². The average Bonchev–Trinajstić information content (AvgIpc) is 2.32. The third-order valence-corrected chi connectivity index (χ3v) is 3.23. The molecule has 0 atom stereocenters. The number of pyridine rings is 1. The maximum Gasteiger partial charge on any atom is 0.270 e. The predicted molar refractivity (Wildman–Crippen MR) is 66.7 cm³/mol. The molecule has 92 valence electrons. The number of hydrogen-bond acceptors (Lipinski definition) is 3. The minimum absolute atomic E-state index is 0.0748. The lowest BCUT2D eigenvalue weighted by atomic mass is 9.92. The number of amides is 1. The van der Waals surface area contributed by atoms with Crippen LogP contribution in [-0.2, 0) is 0 Å². The number of carbonyl (C=O) groups excluding carboxylic acids is 1. The summed E-state index contributed by atoms with van der Waals surface area (Å²) in [5.41, 5.74) is 7.20. The maximum absolute atomic E-state index is 11.9. The van der Waals surface area contributed by atoms with Gasteiger partial charge in [0.05, 0.1) is 0 Å². The lowest BCUT2D eigenvalue weighted by molar-refractivity contribution is 0.0920. The smallest absolute Gasteiger partial charge is 0.270 e. The number of nitrogens with one attached hydrogen (secondary N) is 1. The molecule has 0 radical (unpaired) electrons. The average molecular weight is 233 g/mol. The molecule has 1 fully saturated rings. The lowest BCUT2D eigenvalue weighted by Gasteiger charge is -2.26. The summed E-state index contributed by atoms with van der Waals surface area (Å²) in [7, 11) is 0. The quantitative estimate of drug-likeness (QED) is 0.811. The second kappa shape index (κ2) is 5.27. The van der Waals surface area contributed by atoms with Crippen molar-refractivity contribution in [3.8, 4) is 0 Å². The molecule has 1 aromatic rings. The van der Waals surface area contributed by atoms with Gasteiger partial charge in [0.15, 0.2) is 0 Å². The predicted octanol–water partition coefficient (Wildman–Crippen LogP) is 1.39. The van der Waals surface area contributed by atoms with E-state index >= 15 is 0 Å². The Kier molecular flexibility index (Phi) is 3.74. The summed E-state index contributed by atoms with van der Waals surface area (Å²) in [5.74, 6) is -0.0748. The molecule has 1 aliphatic carbocycles. The zero-order valence-corrected chi connectivity index (χ0v) is 10.1. The van der Waals surface area contributed by atoms with Crippen LogP contribution in [0, 0.1) is 6.92 Å². The summed E-state index contributed by atoms with van der Waals surface area (Å²) in [6, 6.07) is 6.05. The van der Waals surface area contributed by atoms with E-state index in [9.17, 15) is 4.79 Å². The molecule has 1 aliphatic rings. The molecule has 1 heterocycles. The van der Waals surface area contributed by atoms with Crippen molar-refractivity contribution in [3.05, 3.63) is 29.6 Å². The number of carbonyl (C=O) groups is 1. The highest BCUT2D eigenvalue weighted by Crippen LogP contribution is 2.17. The molecular formula is C13H19N3O. The molecule has 2 rings (SSSR count). The zero-order chi connectivity index (χ0) is 12.3. The number of rotatable bonds is 2. The van der Waals surface area contributed by atoms with Crippen LogP contribution in [0.25, 0.3) is 0 Å². The first-order valence-corrected chi connectivity index (χ1v) is 6.15. The van der Waals surface area contributed by atoms with Crippen molar-refractivity contribution < 1.29 is 4.79 Å². The second-order valence-corrected chi connectivity index (χ2v) is 4.75. The summed E-state index contributed by atoms with van der Waals surface area (Å²) >= 11 is 0. The van der Waals surface area contributed by atoms with Crippen LogP contribution in [0.5, 0.6) is 0 Å². The number of hydrogen-bond donors (Lipinski definition) is 2. The van der Waals surface area contributed by atoms with Crippen molar-refractivity contribution >= 4 is 5.91 Å². The topological polar surface area (TPSA) is 68.0 Å². The highest BCUT2D eigenvalue weighted by molar-refractivity contribution is 5.92. The van der Waals surface area contributed by atoms with Crippen LogP contribution in [0.2, 0.25) is 0 Å². The normalized spacial score (nSPS) is 24.4. The molecule has 0 spiro atoms. The molecule has 17 heavy (non-hydrogen) atoms. The van der Waals surface area contributed by atoms with E-state index in [1.54, 1.807) is 6.07 Å². The highest BCUT2D eigenvalue weighted by atomic mass is 16.1. The van der Waals surface area contributed by atoms with E-state index in [1.165, 1.54) is 0 Å². The molecule has 3 N–H and O–H groups in total. The molecule has 0 saturated heterocycles. The first-order valence-electron chi connectivity index (χ1n) is 6.15. The van der Waals surface area contributed by atoms with Crippen molar-refractivity contribution in [1.82, 2.24) is 10.3 Å².